The van der Waals surface area contributed by atoms with E-state index in [0.29, 0.717) is 19.0 Å². The van der Waals surface area contributed by atoms with Gasteiger partial charge in [-0.25, -0.2) is 0 Å². The summed E-state index contributed by atoms with van der Waals surface area (Å²) in [5, 5.41) is 0. The van der Waals surface area contributed by atoms with E-state index in [4.69, 9.17) is 14.2 Å². The molecule has 2 atom stereocenters. The van der Waals surface area contributed by atoms with Crippen LogP contribution < -0.4 is 4.74 Å². The van der Waals surface area contributed by atoms with Crippen LogP contribution in [0.1, 0.15) is 18.6 Å². The molecule has 6 heteroatoms. The van der Waals surface area contributed by atoms with Gasteiger partial charge in [0.2, 0.25) is 0 Å². The minimum absolute atomic E-state index is 0.0408. The van der Waals surface area contributed by atoms with E-state index < -0.39 is 12.3 Å². The summed E-state index contributed by atoms with van der Waals surface area (Å²) in [4.78, 5) is 0. The lowest BCUT2D eigenvalue weighted by Gasteiger charge is -2.21. The summed E-state index contributed by atoms with van der Waals surface area (Å²) in [6, 6.07) is 5.88. The van der Waals surface area contributed by atoms with E-state index in [1.54, 1.807) is 13.0 Å². The fourth-order valence-corrected chi connectivity index (χ4v) is 1.68. The highest BCUT2D eigenvalue weighted by atomic mass is 19.4. The Hall–Kier alpha value is -1.27. The Kier molecular flexibility index (Phi) is 4.31. The Bertz CT molecular complexity index is 416. The number of benzene rings is 1. The maximum absolute atomic E-state index is 13.0. The second-order valence-electron chi connectivity index (χ2n) is 4.22. The van der Waals surface area contributed by atoms with E-state index in [-0.39, 0.29) is 18.3 Å². The molecule has 1 heterocycles. The van der Waals surface area contributed by atoms with Gasteiger partial charge in [-0.2, -0.15) is 13.2 Å². The first-order chi connectivity index (χ1) is 9.00. The van der Waals surface area contributed by atoms with Crippen molar-refractivity contribution in [1.29, 1.82) is 0 Å². The van der Waals surface area contributed by atoms with E-state index in [9.17, 15) is 13.2 Å². The zero-order valence-electron chi connectivity index (χ0n) is 10.4. The van der Waals surface area contributed by atoms with Crippen molar-refractivity contribution in [2.75, 3.05) is 19.8 Å². The maximum Gasteiger partial charge on any atom is 0.418 e. The van der Waals surface area contributed by atoms with Crippen molar-refractivity contribution in [3.8, 4) is 5.75 Å². The minimum Gasteiger partial charge on any atom is -0.494 e. The van der Waals surface area contributed by atoms with Gasteiger partial charge >= 0.3 is 6.18 Å². The second-order valence-corrected chi connectivity index (χ2v) is 4.22. The van der Waals surface area contributed by atoms with E-state index in [1.807, 2.05) is 0 Å². The molecule has 1 aliphatic heterocycles. The predicted molar refractivity (Wildman–Crippen MR) is 62.1 cm³/mol. The van der Waals surface area contributed by atoms with Gasteiger partial charge in [0.1, 0.15) is 11.9 Å². The molecule has 0 spiro atoms. The smallest absolute Gasteiger partial charge is 0.418 e. The van der Waals surface area contributed by atoms with Crippen molar-refractivity contribution in [1.82, 2.24) is 0 Å². The van der Waals surface area contributed by atoms with Crippen LogP contribution in [0.4, 0.5) is 13.2 Å². The Labute approximate surface area is 109 Å². The van der Waals surface area contributed by atoms with Gasteiger partial charge < -0.3 is 14.2 Å². The number of hydrogen-bond acceptors (Lipinski definition) is 3. The number of epoxide rings is 1. The molecule has 3 nitrogen and oxygen atoms in total. The molecule has 1 aliphatic rings. The molecular weight excluding hydrogens is 261 g/mol. The van der Waals surface area contributed by atoms with Crippen LogP contribution in [0.5, 0.6) is 5.75 Å². The first-order valence-electron chi connectivity index (χ1n) is 6.03. The third-order valence-corrected chi connectivity index (χ3v) is 2.62. The van der Waals surface area contributed by atoms with Gasteiger partial charge in [-0.15, -0.1) is 0 Å². The Morgan fingerprint density at radius 3 is 2.74 bits per heavy atom. The molecule has 1 aromatic rings. The monoisotopic (exact) mass is 276 g/mol. The highest BCUT2D eigenvalue weighted by molar-refractivity contribution is 5.30. The molecule has 0 saturated carbocycles. The predicted octanol–water partition coefficient (Wildman–Crippen LogP) is 3.10. The Balaban J connectivity index is 2.13. The van der Waals surface area contributed by atoms with Crippen molar-refractivity contribution in [2.45, 2.75) is 25.3 Å². The van der Waals surface area contributed by atoms with E-state index in [0.717, 1.165) is 0 Å². The topological polar surface area (TPSA) is 31.0 Å². The lowest BCUT2D eigenvalue weighted by molar-refractivity contribution is -0.224. The minimum atomic E-state index is -4.46. The third-order valence-electron chi connectivity index (χ3n) is 2.62. The summed E-state index contributed by atoms with van der Waals surface area (Å²) in [5.74, 6) is 0.403. The average Bonchev–Trinajstić information content (AvgIpc) is 3.12. The van der Waals surface area contributed by atoms with Crippen LogP contribution in [0.2, 0.25) is 0 Å². The summed E-state index contributed by atoms with van der Waals surface area (Å²) in [5.41, 5.74) is 0.0408. The van der Waals surface area contributed by atoms with E-state index in [1.165, 1.54) is 18.2 Å². The number of ether oxygens (including phenoxy) is 3. The molecule has 0 aliphatic carbocycles. The highest BCUT2D eigenvalue weighted by Gasteiger charge is 2.43. The fraction of sp³-hybridized carbons (Fsp3) is 0.538. The van der Waals surface area contributed by atoms with Gasteiger partial charge in [0.25, 0.3) is 0 Å². The number of halogens is 3. The summed E-state index contributed by atoms with van der Waals surface area (Å²) >= 11 is 0. The lowest BCUT2D eigenvalue weighted by atomic mass is 10.1. The van der Waals surface area contributed by atoms with Crippen LogP contribution in [-0.2, 0) is 9.47 Å². The number of alkyl halides is 3. The van der Waals surface area contributed by atoms with Crippen LogP contribution >= 0.6 is 0 Å². The largest absolute Gasteiger partial charge is 0.494 e. The quantitative estimate of drug-likeness (QED) is 0.748. The van der Waals surface area contributed by atoms with Gasteiger partial charge in [-0.05, 0) is 24.6 Å². The van der Waals surface area contributed by atoms with Crippen LogP contribution in [0.15, 0.2) is 24.3 Å². The van der Waals surface area contributed by atoms with Crippen molar-refractivity contribution in [3.05, 3.63) is 29.8 Å². The van der Waals surface area contributed by atoms with Gasteiger partial charge in [-0.1, -0.05) is 12.1 Å². The first kappa shape index (κ1) is 14.1. The molecular formula is C13H15F3O3. The van der Waals surface area contributed by atoms with Crippen molar-refractivity contribution in [3.63, 3.8) is 0 Å². The second kappa shape index (κ2) is 5.79. The maximum atomic E-state index is 13.0. The summed E-state index contributed by atoms with van der Waals surface area (Å²) in [6.45, 7) is 2.58. The normalized spacial score (nSPS) is 20.1. The first-order valence-corrected chi connectivity index (χ1v) is 6.03. The molecule has 1 fully saturated rings. The molecule has 1 saturated heterocycles. The van der Waals surface area contributed by atoms with Crippen LogP contribution in [-0.4, -0.2) is 32.1 Å². The summed E-state index contributed by atoms with van der Waals surface area (Å²) < 4.78 is 54.0. The molecule has 19 heavy (non-hydrogen) atoms. The summed E-state index contributed by atoms with van der Waals surface area (Å²) in [6.07, 6.45) is -6.61. The molecule has 1 aromatic carbocycles. The lowest BCUT2D eigenvalue weighted by Crippen LogP contribution is -2.25. The molecule has 0 N–H and O–H groups in total. The van der Waals surface area contributed by atoms with Crippen LogP contribution in [0, 0.1) is 0 Å². The average molecular weight is 276 g/mol. The van der Waals surface area contributed by atoms with Gasteiger partial charge in [-0.3, -0.25) is 0 Å². The van der Waals surface area contributed by atoms with Gasteiger partial charge in [0, 0.05) is 0 Å². The van der Waals surface area contributed by atoms with Crippen LogP contribution in [0.3, 0.4) is 0 Å². The highest BCUT2D eigenvalue weighted by Crippen LogP contribution is 2.37. The molecule has 2 unspecified atom stereocenters. The zero-order valence-corrected chi connectivity index (χ0v) is 10.4. The number of hydrogen-bond donors (Lipinski definition) is 0. The fourth-order valence-electron chi connectivity index (χ4n) is 1.68. The molecule has 0 bridgehead atoms. The summed E-state index contributed by atoms with van der Waals surface area (Å²) in [7, 11) is 0. The molecule has 0 radical (unpaired) electrons. The Morgan fingerprint density at radius 1 is 1.42 bits per heavy atom. The van der Waals surface area contributed by atoms with E-state index >= 15 is 0 Å². The molecule has 0 aromatic heterocycles. The van der Waals surface area contributed by atoms with Crippen LogP contribution in [0.25, 0.3) is 0 Å². The standard InChI is InChI=1S/C13H15F3O3/c1-2-17-10-5-3-4-9(6-10)12(13(14,15)16)19-8-11-7-18-11/h3-6,11-12H,2,7-8H2,1H3. The van der Waals surface area contributed by atoms with E-state index in [2.05, 4.69) is 0 Å². The zero-order chi connectivity index (χ0) is 13.9. The van der Waals surface area contributed by atoms with Gasteiger partial charge in [0.15, 0.2) is 6.10 Å². The molecule has 0 amide bonds. The third kappa shape index (κ3) is 4.11. The van der Waals surface area contributed by atoms with Gasteiger partial charge in [0.05, 0.1) is 19.8 Å². The molecule has 2 rings (SSSR count). The Morgan fingerprint density at radius 2 is 2.16 bits per heavy atom. The van der Waals surface area contributed by atoms with Crippen molar-refractivity contribution in [2.24, 2.45) is 0 Å². The van der Waals surface area contributed by atoms with Crippen molar-refractivity contribution >= 4 is 0 Å². The number of rotatable bonds is 6. The SMILES string of the molecule is CCOc1cccc(C(OCC2CO2)C(F)(F)F)c1. The van der Waals surface area contributed by atoms with Crippen molar-refractivity contribution < 1.29 is 27.4 Å². The molecule has 106 valence electrons.